The molecule has 1 aromatic carbocycles. The molecule has 2 aliphatic rings. The zero-order chi connectivity index (χ0) is 12.5. The van der Waals surface area contributed by atoms with Crippen LogP contribution in [0.2, 0.25) is 5.02 Å². The lowest BCUT2D eigenvalue weighted by molar-refractivity contribution is -0.146. The van der Waals surface area contributed by atoms with Gasteiger partial charge in [-0.05, 0) is 43.6 Å². The van der Waals surface area contributed by atoms with E-state index < -0.39 is 0 Å². The van der Waals surface area contributed by atoms with E-state index in [0.29, 0.717) is 6.04 Å². The average Bonchev–Trinajstić information content (AvgIpc) is 2.41. The van der Waals surface area contributed by atoms with Crippen molar-refractivity contribution in [3.05, 3.63) is 34.9 Å². The first-order valence-corrected chi connectivity index (χ1v) is 6.90. The molecule has 0 saturated carbocycles. The number of rotatable bonds is 2. The van der Waals surface area contributed by atoms with Gasteiger partial charge in [0.05, 0.1) is 5.92 Å². The summed E-state index contributed by atoms with van der Waals surface area (Å²) >= 11 is 5.86. The van der Waals surface area contributed by atoms with Crippen LogP contribution in [0.4, 0.5) is 0 Å². The van der Waals surface area contributed by atoms with E-state index in [0.717, 1.165) is 43.1 Å². The Balaban J connectivity index is 1.65. The fraction of sp³-hybridized carbons (Fsp3) is 0.500. The van der Waals surface area contributed by atoms with Crippen molar-refractivity contribution in [3.63, 3.8) is 0 Å². The Hall–Kier alpha value is -1.06. The molecule has 1 N–H and O–H groups in total. The van der Waals surface area contributed by atoms with Crippen molar-refractivity contribution in [3.8, 4) is 0 Å². The molecule has 0 bridgehead atoms. The lowest BCUT2D eigenvalue weighted by Gasteiger charge is -2.45. The number of piperidine rings is 1. The summed E-state index contributed by atoms with van der Waals surface area (Å²) in [4.78, 5) is 14.3. The lowest BCUT2D eigenvalue weighted by Crippen LogP contribution is -2.57. The average molecular weight is 265 g/mol. The first-order valence-electron chi connectivity index (χ1n) is 6.52. The normalized spacial score (nSPS) is 25.1. The van der Waals surface area contributed by atoms with Gasteiger partial charge in [-0.3, -0.25) is 4.79 Å². The number of carbonyl (C=O) groups excluding carboxylic acids is 1. The van der Waals surface area contributed by atoms with Crippen LogP contribution >= 0.6 is 11.6 Å². The largest absolute Gasteiger partial charge is 0.338 e. The maximum atomic E-state index is 12.2. The number of amides is 1. The molecule has 3 rings (SSSR count). The van der Waals surface area contributed by atoms with Crippen molar-refractivity contribution < 1.29 is 4.79 Å². The maximum absolute atomic E-state index is 12.2. The van der Waals surface area contributed by atoms with Gasteiger partial charge >= 0.3 is 0 Å². The minimum atomic E-state index is 0.0529. The number of benzene rings is 1. The number of carbonyl (C=O) groups is 1. The molecular weight excluding hydrogens is 248 g/mol. The molecule has 18 heavy (non-hydrogen) atoms. The summed E-state index contributed by atoms with van der Waals surface area (Å²) in [7, 11) is 0. The van der Waals surface area contributed by atoms with E-state index >= 15 is 0 Å². The monoisotopic (exact) mass is 264 g/mol. The topological polar surface area (TPSA) is 32.3 Å². The van der Waals surface area contributed by atoms with Gasteiger partial charge in [0.2, 0.25) is 5.91 Å². The van der Waals surface area contributed by atoms with E-state index in [4.69, 9.17) is 11.6 Å². The molecule has 1 unspecified atom stereocenters. The molecule has 0 aliphatic carbocycles. The van der Waals surface area contributed by atoms with Gasteiger partial charge in [-0.15, -0.1) is 0 Å². The SMILES string of the molecule is O=C1C(c2ccc(Cl)cc2)CN1C1CCNCC1. The van der Waals surface area contributed by atoms with Crippen molar-refractivity contribution >= 4 is 17.5 Å². The van der Waals surface area contributed by atoms with Crippen LogP contribution in [0.5, 0.6) is 0 Å². The van der Waals surface area contributed by atoms with E-state index in [1.165, 1.54) is 0 Å². The highest BCUT2D eigenvalue weighted by molar-refractivity contribution is 6.30. The Morgan fingerprint density at radius 1 is 1.17 bits per heavy atom. The molecule has 0 aromatic heterocycles. The molecule has 1 aromatic rings. The Morgan fingerprint density at radius 2 is 1.83 bits per heavy atom. The van der Waals surface area contributed by atoms with Crippen molar-refractivity contribution in [2.45, 2.75) is 24.8 Å². The summed E-state index contributed by atoms with van der Waals surface area (Å²) < 4.78 is 0. The minimum absolute atomic E-state index is 0.0529. The van der Waals surface area contributed by atoms with E-state index in [1.807, 2.05) is 29.2 Å². The third kappa shape index (κ3) is 2.13. The first kappa shape index (κ1) is 12.0. The second-order valence-electron chi connectivity index (χ2n) is 5.08. The van der Waals surface area contributed by atoms with Crippen LogP contribution in [-0.2, 0) is 4.79 Å². The van der Waals surface area contributed by atoms with Crippen molar-refractivity contribution in [1.29, 1.82) is 0 Å². The Kier molecular flexibility index (Phi) is 3.27. The predicted octanol–water partition coefficient (Wildman–Crippen LogP) is 2.02. The van der Waals surface area contributed by atoms with Gasteiger partial charge in [0.1, 0.15) is 0 Å². The van der Waals surface area contributed by atoms with E-state index in [2.05, 4.69) is 5.32 Å². The molecule has 0 spiro atoms. The Morgan fingerprint density at radius 3 is 2.44 bits per heavy atom. The van der Waals surface area contributed by atoms with Crippen LogP contribution in [-0.4, -0.2) is 36.5 Å². The maximum Gasteiger partial charge on any atom is 0.232 e. The van der Waals surface area contributed by atoms with Crippen LogP contribution in [0.25, 0.3) is 0 Å². The summed E-state index contributed by atoms with van der Waals surface area (Å²) in [5.41, 5.74) is 1.09. The smallest absolute Gasteiger partial charge is 0.232 e. The number of nitrogens with one attached hydrogen (secondary N) is 1. The quantitative estimate of drug-likeness (QED) is 0.829. The predicted molar refractivity (Wildman–Crippen MR) is 71.8 cm³/mol. The summed E-state index contributed by atoms with van der Waals surface area (Å²) in [6, 6.07) is 8.09. The molecule has 2 saturated heterocycles. The molecular formula is C14H17ClN2O. The van der Waals surface area contributed by atoms with Gasteiger partial charge < -0.3 is 10.2 Å². The lowest BCUT2D eigenvalue weighted by atomic mass is 9.87. The molecule has 2 heterocycles. The molecule has 2 fully saturated rings. The van der Waals surface area contributed by atoms with Crippen molar-refractivity contribution in [2.24, 2.45) is 0 Å². The second-order valence-corrected chi connectivity index (χ2v) is 5.51. The molecule has 2 aliphatic heterocycles. The molecule has 96 valence electrons. The van der Waals surface area contributed by atoms with Gasteiger partial charge in [0.25, 0.3) is 0 Å². The summed E-state index contributed by atoms with van der Waals surface area (Å²) in [5.74, 6) is 0.335. The zero-order valence-corrected chi connectivity index (χ0v) is 11.0. The van der Waals surface area contributed by atoms with E-state index in [1.54, 1.807) is 0 Å². The van der Waals surface area contributed by atoms with Crippen LogP contribution in [0.3, 0.4) is 0 Å². The van der Waals surface area contributed by atoms with Crippen LogP contribution in [0.1, 0.15) is 24.3 Å². The number of halogens is 1. The third-order valence-electron chi connectivity index (χ3n) is 3.98. The number of likely N-dealkylation sites (tertiary alicyclic amines) is 1. The van der Waals surface area contributed by atoms with Gasteiger partial charge in [-0.1, -0.05) is 23.7 Å². The van der Waals surface area contributed by atoms with Crippen molar-refractivity contribution in [2.75, 3.05) is 19.6 Å². The third-order valence-corrected chi connectivity index (χ3v) is 4.23. The highest BCUT2D eigenvalue weighted by Gasteiger charge is 2.41. The standard InChI is InChI=1S/C14H17ClN2O/c15-11-3-1-10(2-4-11)13-9-17(14(13)18)12-5-7-16-8-6-12/h1-4,12-13,16H,5-9H2. The molecule has 3 nitrogen and oxygen atoms in total. The number of hydrogen-bond donors (Lipinski definition) is 1. The zero-order valence-electron chi connectivity index (χ0n) is 10.2. The van der Waals surface area contributed by atoms with Crippen LogP contribution < -0.4 is 5.32 Å². The number of hydrogen-bond acceptors (Lipinski definition) is 2. The molecule has 1 atom stereocenters. The fourth-order valence-electron chi connectivity index (χ4n) is 2.84. The van der Waals surface area contributed by atoms with Gasteiger partial charge in [-0.25, -0.2) is 0 Å². The van der Waals surface area contributed by atoms with Gasteiger partial charge in [0.15, 0.2) is 0 Å². The molecule has 4 heteroatoms. The van der Waals surface area contributed by atoms with Crippen LogP contribution in [0, 0.1) is 0 Å². The molecule has 1 amide bonds. The highest BCUT2D eigenvalue weighted by atomic mass is 35.5. The first-order chi connectivity index (χ1) is 8.75. The van der Waals surface area contributed by atoms with E-state index in [9.17, 15) is 4.79 Å². The summed E-state index contributed by atoms with van der Waals surface area (Å²) in [6.45, 7) is 2.92. The van der Waals surface area contributed by atoms with Crippen molar-refractivity contribution in [1.82, 2.24) is 10.2 Å². The number of β-lactam (4-membered cyclic amide) rings is 1. The van der Waals surface area contributed by atoms with Gasteiger partial charge in [-0.2, -0.15) is 0 Å². The van der Waals surface area contributed by atoms with Gasteiger partial charge in [0, 0.05) is 17.6 Å². The summed E-state index contributed by atoms with van der Waals surface area (Å²) in [6.07, 6.45) is 2.16. The highest BCUT2D eigenvalue weighted by Crippen LogP contribution is 2.32. The summed E-state index contributed by atoms with van der Waals surface area (Å²) in [5, 5.41) is 4.05. The fourth-order valence-corrected chi connectivity index (χ4v) is 2.97. The Labute approximate surface area is 112 Å². The number of nitrogens with zero attached hydrogens (tertiary/aromatic N) is 1. The minimum Gasteiger partial charge on any atom is -0.338 e. The van der Waals surface area contributed by atoms with E-state index in [-0.39, 0.29) is 11.8 Å². The second kappa shape index (κ2) is 4.90. The molecule has 0 radical (unpaired) electrons. The Bertz CT molecular complexity index is 440. The van der Waals surface area contributed by atoms with Crippen LogP contribution in [0.15, 0.2) is 24.3 Å².